The summed E-state index contributed by atoms with van der Waals surface area (Å²) in [5.41, 5.74) is 2.57. The average Bonchev–Trinajstić information content (AvgIpc) is 2.06. The first-order chi connectivity index (χ1) is 5.85. The fraction of sp³-hybridized carbons (Fsp3) is 0.375. The lowest BCUT2D eigenvalue weighted by atomic mass is 10.5. The molecule has 4 nitrogen and oxygen atoms in total. The predicted molar refractivity (Wildman–Crippen MR) is 50.1 cm³/mol. The third-order valence-corrected chi connectivity index (χ3v) is 1.06. The first-order valence-corrected chi connectivity index (χ1v) is 3.77. The van der Waals surface area contributed by atoms with E-state index in [0.717, 1.165) is 13.0 Å². The van der Waals surface area contributed by atoms with Crippen molar-refractivity contribution in [2.24, 2.45) is 5.10 Å². The predicted octanol–water partition coefficient (Wildman–Crippen LogP) is 1.45. The Balaban J connectivity index is 3.74. The Morgan fingerprint density at radius 3 is 2.92 bits per heavy atom. The van der Waals surface area contributed by atoms with Crippen LogP contribution in [-0.4, -0.2) is 18.3 Å². The van der Waals surface area contributed by atoms with Crippen molar-refractivity contribution in [3.8, 4) is 0 Å². The molecule has 0 aliphatic heterocycles. The molecule has 1 N–H and O–H groups in total. The van der Waals surface area contributed by atoms with Crippen molar-refractivity contribution >= 4 is 6.72 Å². The summed E-state index contributed by atoms with van der Waals surface area (Å²) in [5, 5.41) is 5.08. The van der Waals surface area contributed by atoms with Crippen molar-refractivity contribution < 1.29 is 4.84 Å². The summed E-state index contributed by atoms with van der Waals surface area (Å²) < 4.78 is 0. The Labute approximate surface area is 73.2 Å². The maximum absolute atomic E-state index is 5.04. The van der Waals surface area contributed by atoms with Crippen molar-refractivity contribution in [3.63, 3.8) is 0 Å². The molecule has 0 atom stereocenters. The van der Waals surface area contributed by atoms with Gasteiger partial charge in [-0.25, -0.2) is 5.06 Å². The largest absolute Gasteiger partial charge is 0.389 e. The molecule has 4 heteroatoms. The Morgan fingerprint density at radius 1 is 1.67 bits per heavy atom. The molecule has 0 aliphatic rings. The Morgan fingerprint density at radius 2 is 2.42 bits per heavy atom. The van der Waals surface area contributed by atoms with Gasteiger partial charge in [0, 0.05) is 12.9 Å². The molecule has 0 radical (unpaired) electrons. The molecule has 0 unspecified atom stereocenters. The molecule has 0 spiro atoms. The average molecular weight is 169 g/mol. The van der Waals surface area contributed by atoms with Gasteiger partial charge >= 0.3 is 0 Å². The molecule has 0 aromatic heterocycles. The second kappa shape index (κ2) is 7.65. The standard InChI is InChI=1S/C8H15N3O/c1-4-7-11(12-5-2)8-6-10-9-3/h5-6,8,10H,2-4,7H2,1H3/b8-6+. The van der Waals surface area contributed by atoms with E-state index in [0.29, 0.717) is 0 Å². The fourth-order valence-electron chi connectivity index (χ4n) is 0.648. The lowest BCUT2D eigenvalue weighted by molar-refractivity contribution is -0.0559. The van der Waals surface area contributed by atoms with Crippen LogP contribution in [0, 0.1) is 0 Å². The highest BCUT2D eigenvalue weighted by Crippen LogP contribution is 1.93. The molecule has 0 amide bonds. The van der Waals surface area contributed by atoms with Gasteiger partial charge in [0.15, 0.2) is 0 Å². The van der Waals surface area contributed by atoms with Crippen LogP contribution in [0.1, 0.15) is 13.3 Å². The fourth-order valence-corrected chi connectivity index (χ4v) is 0.648. The highest BCUT2D eigenvalue weighted by Gasteiger charge is 1.92. The molecule has 0 aromatic rings. The van der Waals surface area contributed by atoms with Crippen LogP contribution >= 0.6 is 0 Å². The monoisotopic (exact) mass is 169 g/mol. The van der Waals surface area contributed by atoms with Gasteiger partial charge in [-0.15, -0.1) is 0 Å². The number of hydroxylamine groups is 2. The minimum Gasteiger partial charge on any atom is -0.389 e. The highest BCUT2D eigenvalue weighted by molar-refractivity contribution is 5.22. The molecule has 0 fully saturated rings. The van der Waals surface area contributed by atoms with Crippen LogP contribution in [0.25, 0.3) is 0 Å². The minimum absolute atomic E-state index is 0.807. The number of hydrogen-bond donors (Lipinski definition) is 1. The maximum atomic E-state index is 5.04. The minimum atomic E-state index is 0.807. The van der Waals surface area contributed by atoms with Crippen molar-refractivity contribution in [1.29, 1.82) is 0 Å². The van der Waals surface area contributed by atoms with E-state index in [9.17, 15) is 0 Å². The van der Waals surface area contributed by atoms with E-state index in [1.807, 2.05) is 0 Å². The molecular formula is C8H15N3O. The Bertz CT molecular complexity index is 156. The van der Waals surface area contributed by atoms with Crippen LogP contribution in [0.3, 0.4) is 0 Å². The molecule has 0 saturated heterocycles. The van der Waals surface area contributed by atoms with E-state index in [2.05, 4.69) is 30.7 Å². The van der Waals surface area contributed by atoms with E-state index < -0.39 is 0 Å². The number of nitrogens with zero attached hydrogens (tertiary/aromatic N) is 2. The van der Waals surface area contributed by atoms with E-state index >= 15 is 0 Å². The normalized spacial score (nSPS) is 9.42. The summed E-state index contributed by atoms with van der Waals surface area (Å²) in [4.78, 5) is 5.04. The summed E-state index contributed by atoms with van der Waals surface area (Å²) in [7, 11) is 0. The van der Waals surface area contributed by atoms with Gasteiger partial charge in [-0.2, -0.15) is 5.10 Å². The van der Waals surface area contributed by atoms with E-state index in [1.54, 1.807) is 17.5 Å². The second-order valence-electron chi connectivity index (χ2n) is 2.02. The summed E-state index contributed by atoms with van der Waals surface area (Å²) in [6.45, 7) is 9.58. The summed E-state index contributed by atoms with van der Waals surface area (Å²) in [6.07, 6.45) is 5.73. The van der Waals surface area contributed by atoms with Gasteiger partial charge in [-0.05, 0) is 6.42 Å². The summed E-state index contributed by atoms with van der Waals surface area (Å²) in [6, 6.07) is 0. The van der Waals surface area contributed by atoms with Crippen molar-refractivity contribution in [2.45, 2.75) is 13.3 Å². The molecule has 0 saturated carbocycles. The van der Waals surface area contributed by atoms with Gasteiger partial charge in [-0.1, -0.05) is 13.5 Å². The van der Waals surface area contributed by atoms with Crippen LogP contribution in [-0.2, 0) is 4.84 Å². The molecule has 0 aliphatic carbocycles. The summed E-state index contributed by atoms with van der Waals surface area (Å²) in [5.74, 6) is 0. The van der Waals surface area contributed by atoms with Gasteiger partial charge in [0.2, 0.25) is 0 Å². The third kappa shape index (κ3) is 5.34. The van der Waals surface area contributed by atoms with Gasteiger partial charge in [0.05, 0.1) is 12.7 Å². The van der Waals surface area contributed by atoms with Gasteiger partial charge < -0.3 is 4.84 Å². The topological polar surface area (TPSA) is 36.9 Å². The van der Waals surface area contributed by atoms with Crippen LogP contribution in [0.4, 0.5) is 0 Å². The highest BCUT2D eigenvalue weighted by atomic mass is 16.7. The van der Waals surface area contributed by atoms with Crippen LogP contribution < -0.4 is 5.43 Å². The smallest absolute Gasteiger partial charge is 0.112 e. The van der Waals surface area contributed by atoms with Gasteiger partial charge in [-0.3, -0.25) is 5.43 Å². The zero-order chi connectivity index (χ0) is 9.23. The lowest BCUT2D eigenvalue weighted by Gasteiger charge is -2.16. The first kappa shape index (κ1) is 10.6. The third-order valence-electron chi connectivity index (χ3n) is 1.06. The van der Waals surface area contributed by atoms with Crippen LogP contribution in [0.5, 0.6) is 0 Å². The maximum Gasteiger partial charge on any atom is 0.112 e. The molecule has 0 bridgehead atoms. The Kier molecular flexibility index (Phi) is 6.73. The molecule has 0 heterocycles. The zero-order valence-electron chi connectivity index (χ0n) is 7.36. The van der Waals surface area contributed by atoms with Crippen molar-refractivity contribution in [1.82, 2.24) is 10.5 Å². The van der Waals surface area contributed by atoms with E-state index in [1.165, 1.54) is 6.26 Å². The van der Waals surface area contributed by atoms with Crippen LogP contribution in [0.15, 0.2) is 30.3 Å². The Hall–Kier alpha value is -1.45. The van der Waals surface area contributed by atoms with Crippen molar-refractivity contribution in [3.05, 3.63) is 25.2 Å². The molecular weight excluding hydrogens is 154 g/mol. The molecule has 0 aromatic carbocycles. The first-order valence-electron chi connectivity index (χ1n) is 3.77. The molecule has 12 heavy (non-hydrogen) atoms. The second-order valence-corrected chi connectivity index (χ2v) is 2.02. The molecule has 0 rings (SSSR count). The van der Waals surface area contributed by atoms with Gasteiger partial charge in [0.1, 0.15) is 6.26 Å². The van der Waals surface area contributed by atoms with Crippen LogP contribution in [0.2, 0.25) is 0 Å². The lowest BCUT2D eigenvalue weighted by Crippen LogP contribution is -2.16. The molecule has 68 valence electrons. The van der Waals surface area contributed by atoms with Crippen molar-refractivity contribution in [2.75, 3.05) is 6.54 Å². The van der Waals surface area contributed by atoms with Gasteiger partial charge in [0.25, 0.3) is 0 Å². The number of hydrazone groups is 1. The quantitative estimate of drug-likeness (QED) is 0.356. The zero-order valence-corrected chi connectivity index (χ0v) is 7.36. The summed E-state index contributed by atoms with van der Waals surface area (Å²) >= 11 is 0. The SMILES string of the molecule is C=CON(/C=C/NN=C)CCC. The van der Waals surface area contributed by atoms with E-state index in [4.69, 9.17) is 4.84 Å². The van der Waals surface area contributed by atoms with E-state index in [-0.39, 0.29) is 0 Å². The number of nitrogens with one attached hydrogen (secondary N) is 1. The number of rotatable bonds is 7. The number of hydrogen-bond acceptors (Lipinski definition) is 4.